The molecule has 1 aromatic heterocycles. The molecule has 0 saturated heterocycles. The molecule has 1 amide bonds. The lowest BCUT2D eigenvalue weighted by Gasteiger charge is -2.22. The number of nitrogens with zero attached hydrogens (tertiary/aromatic N) is 3. The molecular formula is C22H22ClN5O2. The van der Waals surface area contributed by atoms with Crippen LogP contribution in [0.4, 0.5) is 11.9 Å². The zero-order chi connectivity index (χ0) is 20.2. The van der Waals surface area contributed by atoms with Crippen molar-refractivity contribution in [2.75, 3.05) is 17.7 Å². The van der Waals surface area contributed by atoms with Gasteiger partial charge in [0.05, 0.1) is 7.11 Å². The number of hydrogen-bond acceptors (Lipinski definition) is 5. The molecule has 4 rings (SSSR count). The van der Waals surface area contributed by atoms with Crippen LogP contribution in [0.1, 0.15) is 24.1 Å². The number of allylic oxidation sites excluding steroid dienone is 2. The van der Waals surface area contributed by atoms with E-state index in [0.29, 0.717) is 11.7 Å². The van der Waals surface area contributed by atoms with Gasteiger partial charge in [0.2, 0.25) is 5.95 Å². The number of ether oxygens (including phenoxy) is 1. The van der Waals surface area contributed by atoms with Crippen molar-refractivity contribution in [3.63, 3.8) is 0 Å². The largest absolute Gasteiger partial charge is 0.496 e. The summed E-state index contributed by atoms with van der Waals surface area (Å²) in [5, 5.41) is 10.4. The number of carbonyl (C=O) groups excluding carboxylic acids is 1. The number of rotatable bonds is 5. The molecule has 2 aromatic carbocycles. The van der Waals surface area contributed by atoms with Crippen molar-refractivity contribution < 1.29 is 9.53 Å². The molecule has 8 heteroatoms. The Morgan fingerprint density at radius 1 is 1.17 bits per heavy atom. The monoisotopic (exact) mass is 423 g/mol. The van der Waals surface area contributed by atoms with Gasteiger partial charge in [-0.15, -0.1) is 17.5 Å². The fourth-order valence-electron chi connectivity index (χ4n) is 3.19. The number of hydrogen-bond donors (Lipinski definition) is 2. The topological polar surface area (TPSA) is 81.1 Å². The van der Waals surface area contributed by atoms with Crippen LogP contribution in [-0.2, 0) is 4.79 Å². The first-order valence-corrected chi connectivity index (χ1v) is 9.23. The second-order valence-electron chi connectivity index (χ2n) is 6.60. The predicted octanol–water partition coefficient (Wildman–Crippen LogP) is 4.28. The molecule has 3 aromatic rings. The van der Waals surface area contributed by atoms with Crippen molar-refractivity contribution in [2.45, 2.75) is 13.0 Å². The van der Waals surface area contributed by atoms with Crippen LogP contribution in [0.25, 0.3) is 6.08 Å². The maximum absolute atomic E-state index is 12.4. The van der Waals surface area contributed by atoms with E-state index in [1.54, 1.807) is 17.9 Å². The maximum Gasteiger partial charge on any atom is 0.250 e. The van der Waals surface area contributed by atoms with Crippen molar-refractivity contribution in [3.8, 4) is 5.75 Å². The van der Waals surface area contributed by atoms with Gasteiger partial charge < -0.3 is 10.1 Å². The van der Waals surface area contributed by atoms with Gasteiger partial charge >= 0.3 is 0 Å². The third kappa shape index (κ3) is 4.52. The Balaban J connectivity index is 0.00000256. The van der Waals surface area contributed by atoms with Gasteiger partial charge in [0.15, 0.2) is 0 Å². The lowest BCUT2D eigenvalue weighted by molar-refractivity contribution is -0.111. The highest BCUT2D eigenvalue weighted by molar-refractivity contribution is 6.01. The average molecular weight is 424 g/mol. The Hall–Kier alpha value is -3.58. The van der Waals surface area contributed by atoms with E-state index in [-0.39, 0.29) is 30.3 Å². The minimum absolute atomic E-state index is 0. The number of amides is 1. The molecule has 0 fully saturated rings. The fraction of sp³-hybridized carbons (Fsp3) is 0.136. The van der Waals surface area contributed by atoms with Crippen molar-refractivity contribution >= 4 is 36.3 Å². The zero-order valence-electron chi connectivity index (χ0n) is 16.6. The van der Waals surface area contributed by atoms with Crippen LogP contribution in [-0.4, -0.2) is 27.8 Å². The molecular weight excluding hydrogens is 402 g/mol. The van der Waals surface area contributed by atoms with Gasteiger partial charge in [-0.3, -0.25) is 10.1 Å². The zero-order valence-corrected chi connectivity index (χ0v) is 17.4. The summed E-state index contributed by atoms with van der Waals surface area (Å²) in [5.41, 5.74) is 2.88. The lowest BCUT2D eigenvalue weighted by atomic mass is 10.1. The van der Waals surface area contributed by atoms with Crippen molar-refractivity contribution in [1.29, 1.82) is 0 Å². The van der Waals surface area contributed by atoms with Gasteiger partial charge in [-0.1, -0.05) is 48.5 Å². The number of halogens is 1. The predicted molar refractivity (Wildman–Crippen MR) is 120 cm³/mol. The molecule has 0 bridgehead atoms. The first-order chi connectivity index (χ1) is 14.1. The second-order valence-corrected chi connectivity index (χ2v) is 6.60. The summed E-state index contributed by atoms with van der Waals surface area (Å²) in [6, 6.07) is 17.4. The Morgan fingerprint density at radius 2 is 1.90 bits per heavy atom. The average Bonchev–Trinajstić information content (AvgIpc) is 3.14. The van der Waals surface area contributed by atoms with Gasteiger partial charge in [-0.2, -0.15) is 4.98 Å². The molecule has 2 heterocycles. The highest BCUT2D eigenvalue weighted by atomic mass is 35.5. The summed E-state index contributed by atoms with van der Waals surface area (Å²) in [4.78, 5) is 16.8. The molecule has 30 heavy (non-hydrogen) atoms. The fourth-order valence-corrected chi connectivity index (χ4v) is 3.19. The van der Waals surface area contributed by atoms with E-state index in [9.17, 15) is 4.79 Å². The summed E-state index contributed by atoms with van der Waals surface area (Å²) < 4.78 is 7.06. The molecule has 1 atom stereocenters. The van der Waals surface area contributed by atoms with Crippen LogP contribution in [0, 0.1) is 0 Å². The first-order valence-electron chi connectivity index (χ1n) is 9.23. The Bertz CT molecular complexity index is 1090. The number of methoxy groups -OCH3 is 1. The Morgan fingerprint density at radius 3 is 2.67 bits per heavy atom. The maximum atomic E-state index is 12.4. The van der Waals surface area contributed by atoms with E-state index >= 15 is 0 Å². The van der Waals surface area contributed by atoms with Crippen LogP contribution in [0.2, 0.25) is 0 Å². The summed E-state index contributed by atoms with van der Waals surface area (Å²) in [6.07, 6.45) is 5.20. The number of nitrogens with one attached hydrogen (secondary N) is 2. The molecule has 154 valence electrons. The number of fused-ring (bicyclic) bond motifs is 1. The van der Waals surface area contributed by atoms with Crippen molar-refractivity contribution in [2.24, 2.45) is 0 Å². The summed E-state index contributed by atoms with van der Waals surface area (Å²) in [5.74, 6) is 1.21. The molecule has 2 N–H and O–H groups in total. The highest BCUT2D eigenvalue weighted by Crippen LogP contribution is 2.29. The standard InChI is InChI=1S/C22H21N5O2.ClH/c1-15-14-18(16-8-4-3-5-9-16)27-22(23-15)25-21(26-27)24-20(28)13-12-17-10-6-7-11-19(17)29-2;/h3-14,18H,1-2H3,(H2,23,24,25,26,28);1H. The quantitative estimate of drug-likeness (QED) is 0.598. The Labute approximate surface area is 180 Å². The molecule has 1 aliphatic rings. The number of aromatic nitrogens is 3. The molecule has 7 nitrogen and oxygen atoms in total. The summed E-state index contributed by atoms with van der Waals surface area (Å²) in [6.45, 7) is 1.97. The van der Waals surface area contributed by atoms with Crippen LogP contribution < -0.4 is 15.4 Å². The number of benzene rings is 2. The van der Waals surface area contributed by atoms with Crippen LogP contribution in [0.15, 0.2) is 72.4 Å². The van der Waals surface area contributed by atoms with Gasteiger partial charge in [0.1, 0.15) is 11.8 Å². The van der Waals surface area contributed by atoms with E-state index in [4.69, 9.17) is 4.74 Å². The van der Waals surface area contributed by atoms with Crippen LogP contribution in [0.3, 0.4) is 0 Å². The van der Waals surface area contributed by atoms with Crippen LogP contribution >= 0.6 is 12.4 Å². The highest BCUT2D eigenvalue weighted by Gasteiger charge is 2.23. The molecule has 0 spiro atoms. The summed E-state index contributed by atoms with van der Waals surface area (Å²) >= 11 is 0. The van der Waals surface area contributed by atoms with Gasteiger partial charge in [0, 0.05) is 17.3 Å². The van der Waals surface area contributed by atoms with E-state index < -0.39 is 0 Å². The smallest absolute Gasteiger partial charge is 0.250 e. The number of anilines is 2. The van der Waals surface area contributed by atoms with Gasteiger partial charge in [-0.05, 0) is 30.7 Å². The van der Waals surface area contributed by atoms with E-state index in [2.05, 4.69) is 26.8 Å². The first kappa shape index (κ1) is 21.1. The SMILES string of the molecule is COc1ccccc1C=CC(=O)Nc1nc2n(n1)C(c1ccccc1)C=C(C)N2.Cl. The molecule has 1 unspecified atom stereocenters. The second kappa shape index (κ2) is 9.28. The van der Waals surface area contributed by atoms with E-state index in [1.807, 2.05) is 61.5 Å². The van der Waals surface area contributed by atoms with Crippen LogP contribution in [0.5, 0.6) is 5.75 Å². The summed E-state index contributed by atoms with van der Waals surface area (Å²) in [7, 11) is 1.60. The third-order valence-electron chi connectivity index (χ3n) is 4.54. The minimum atomic E-state index is -0.320. The van der Waals surface area contributed by atoms with Gasteiger partial charge in [-0.25, -0.2) is 4.68 Å². The van der Waals surface area contributed by atoms with Gasteiger partial charge in [0.25, 0.3) is 11.9 Å². The molecule has 0 saturated carbocycles. The lowest BCUT2D eigenvalue weighted by Crippen LogP contribution is -2.19. The van der Waals surface area contributed by atoms with Crippen molar-refractivity contribution in [3.05, 3.63) is 83.6 Å². The minimum Gasteiger partial charge on any atom is -0.496 e. The van der Waals surface area contributed by atoms with E-state index in [1.165, 1.54) is 6.08 Å². The molecule has 0 radical (unpaired) electrons. The molecule has 1 aliphatic heterocycles. The molecule has 0 aliphatic carbocycles. The third-order valence-corrected chi connectivity index (χ3v) is 4.54. The normalized spacial score (nSPS) is 14.9. The van der Waals surface area contributed by atoms with Crippen molar-refractivity contribution in [1.82, 2.24) is 14.8 Å². The number of para-hydroxylation sites is 1. The van der Waals surface area contributed by atoms with E-state index in [0.717, 1.165) is 16.8 Å². The Kier molecular flexibility index (Phi) is 6.54. The number of carbonyl (C=O) groups is 1.